The second-order valence-electron chi connectivity index (χ2n) is 13.5. The van der Waals surface area contributed by atoms with Crippen LogP contribution in [0.15, 0.2) is 176 Å². The summed E-state index contributed by atoms with van der Waals surface area (Å²) in [4.78, 5) is 20.4. The van der Waals surface area contributed by atoms with Crippen LogP contribution in [0.1, 0.15) is 0 Å². The summed E-state index contributed by atoms with van der Waals surface area (Å²) in [6, 6.07) is 57.3. The zero-order chi connectivity index (χ0) is 34.9. The Morgan fingerprint density at radius 1 is 0.415 bits per heavy atom. The minimum atomic E-state index is 0.706. The van der Waals surface area contributed by atoms with E-state index in [1.165, 1.54) is 26.9 Å². The van der Waals surface area contributed by atoms with Crippen LogP contribution in [0.5, 0.6) is 0 Å². The van der Waals surface area contributed by atoms with Crippen LogP contribution in [0.4, 0.5) is 0 Å². The molecule has 0 aliphatic heterocycles. The van der Waals surface area contributed by atoms with Gasteiger partial charge in [-0.25, -0.2) is 15.0 Å². The highest BCUT2D eigenvalue weighted by Crippen LogP contribution is 2.45. The molecule has 0 fully saturated rings. The number of imidazole rings is 1. The molecular weight excluding hydrogens is 647 g/mol. The van der Waals surface area contributed by atoms with Crippen molar-refractivity contribution < 1.29 is 0 Å². The van der Waals surface area contributed by atoms with Gasteiger partial charge in [-0.1, -0.05) is 140 Å². The van der Waals surface area contributed by atoms with Crippen LogP contribution in [0.2, 0.25) is 0 Å². The molecule has 0 radical (unpaired) electrons. The maximum Gasteiger partial charge on any atom is 0.160 e. The molecular formula is C48H29N5. The lowest BCUT2D eigenvalue weighted by atomic mass is 9.88. The van der Waals surface area contributed by atoms with Gasteiger partial charge in [-0.2, -0.15) is 0 Å². The molecule has 11 rings (SSSR count). The molecule has 0 atom stereocenters. The first-order valence-electron chi connectivity index (χ1n) is 17.8. The van der Waals surface area contributed by atoms with Crippen molar-refractivity contribution in [2.75, 3.05) is 0 Å². The monoisotopic (exact) mass is 675 g/mol. The Labute approximate surface area is 304 Å². The lowest BCUT2D eigenvalue weighted by Gasteiger charge is -2.17. The number of hydrogen-bond acceptors (Lipinski definition) is 4. The fourth-order valence-corrected chi connectivity index (χ4v) is 8.02. The molecule has 7 aromatic carbocycles. The van der Waals surface area contributed by atoms with E-state index < -0.39 is 0 Å². The molecule has 4 heterocycles. The van der Waals surface area contributed by atoms with E-state index in [9.17, 15) is 0 Å². The highest BCUT2D eigenvalue weighted by molar-refractivity contribution is 6.27. The van der Waals surface area contributed by atoms with Crippen LogP contribution >= 0.6 is 0 Å². The molecule has 0 bridgehead atoms. The SMILES string of the molecule is c1ccc(-c2cc(-c3ccc4ccc5c(-c6c(-c7nccc8ccccc78)nc7ccccn67)ccc6ccc3c4c65)nc(-c3ccccc3)n2)cc1. The van der Waals surface area contributed by atoms with Crippen molar-refractivity contribution in [3.05, 3.63) is 176 Å². The van der Waals surface area contributed by atoms with Crippen LogP contribution < -0.4 is 0 Å². The van der Waals surface area contributed by atoms with E-state index in [2.05, 4.69) is 144 Å². The second kappa shape index (κ2) is 11.7. The van der Waals surface area contributed by atoms with E-state index in [4.69, 9.17) is 19.9 Å². The van der Waals surface area contributed by atoms with Crippen molar-refractivity contribution in [3.8, 4) is 56.5 Å². The molecule has 0 aliphatic rings. The molecule has 0 unspecified atom stereocenters. The molecule has 4 aromatic heterocycles. The third-order valence-electron chi connectivity index (χ3n) is 10.5. The van der Waals surface area contributed by atoms with Gasteiger partial charge in [-0.05, 0) is 62.0 Å². The Morgan fingerprint density at radius 2 is 1.06 bits per heavy atom. The highest BCUT2D eigenvalue weighted by Gasteiger charge is 2.23. The number of nitrogens with zero attached hydrogens (tertiary/aromatic N) is 5. The van der Waals surface area contributed by atoms with Gasteiger partial charge in [0.15, 0.2) is 5.82 Å². The summed E-state index contributed by atoms with van der Waals surface area (Å²) in [7, 11) is 0. The third-order valence-corrected chi connectivity index (χ3v) is 10.5. The Bertz CT molecular complexity index is 3100. The highest BCUT2D eigenvalue weighted by atomic mass is 15.0. The van der Waals surface area contributed by atoms with Crippen LogP contribution in [0, 0.1) is 0 Å². The predicted octanol–water partition coefficient (Wildman–Crippen LogP) is 11.9. The van der Waals surface area contributed by atoms with Crippen LogP contribution in [0.25, 0.3) is 105 Å². The lowest BCUT2D eigenvalue weighted by molar-refractivity contribution is 1.18. The van der Waals surface area contributed by atoms with E-state index in [-0.39, 0.29) is 0 Å². The fraction of sp³-hybridized carbons (Fsp3) is 0. The van der Waals surface area contributed by atoms with Gasteiger partial charge in [-0.3, -0.25) is 9.38 Å². The van der Waals surface area contributed by atoms with E-state index >= 15 is 0 Å². The van der Waals surface area contributed by atoms with Gasteiger partial charge in [0.05, 0.1) is 22.8 Å². The van der Waals surface area contributed by atoms with Crippen LogP contribution in [-0.2, 0) is 0 Å². The van der Waals surface area contributed by atoms with Crippen LogP contribution in [0.3, 0.4) is 0 Å². The number of aromatic nitrogens is 5. The molecule has 0 saturated carbocycles. The summed E-state index contributed by atoms with van der Waals surface area (Å²) in [5.41, 5.74) is 9.66. The molecule has 0 amide bonds. The smallest absolute Gasteiger partial charge is 0.160 e. The molecule has 5 heteroatoms. The first kappa shape index (κ1) is 29.5. The number of fused-ring (bicyclic) bond motifs is 2. The van der Waals surface area contributed by atoms with Gasteiger partial charge in [0.1, 0.15) is 11.3 Å². The maximum absolute atomic E-state index is 5.23. The van der Waals surface area contributed by atoms with Crippen molar-refractivity contribution in [1.82, 2.24) is 24.3 Å². The molecule has 0 N–H and O–H groups in total. The average Bonchev–Trinajstić information content (AvgIpc) is 3.62. The zero-order valence-electron chi connectivity index (χ0n) is 28.5. The van der Waals surface area contributed by atoms with Gasteiger partial charge in [-0.15, -0.1) is 0 Å². The predicted molar refractivity (Wildman–Crippen MR) is 217 cm³/mol. The van der Waals surface area contributed by atoms with Gasteiger partial charge >= 0.3 is 0 Å². The van der Waals surface area contributed by atoms with E-state index in [1.54, 1.807) is 0 Å². The average molecular weight is 676 g/mol. The summed E-state index contributed by atoms with van der Waals surface area (Å²) >= 11 is 0. The van der Waals surface area contributed by atoms with Crippen LogP contribution in [-0.4, -0.2) is 24.3 Å². The topological polar surface area (TPSA) is 56.0 Å². The normalized spacial score (nSPS) is 11.8. The Balaban J connectivity index is 1.18. The number of hydrogen-bond donors (Lipinski definition) is 0. The summed E-state index contributed by atoms with van der Waals surface area (Å²) < 4.78 is 2.20. The fourth-order valence-electron chi connectivity index (χ4n) is 8.02. The number of pyridine rings is 2. The second-order valence-corrected chi connectivity index (χ2v) is 13.5. The molecule has 11 aromatic rings. The van der Waals surface area contributed by atoms with Gasteiger partial charge in [0.2, 0.25) is 0 Å². The molecule has 0 spiro atoms. The standard InChI is InChI=1S/C48H29N5/c1-3-12-31(13-4-1)40-29-41(51-48(50-40)34-14-5-2-6-15-34)36-22-18-32-20-24-38-39(25-21-33-19-23-37(36)43(32)44(33)38)47-46(52-42-17-9-10-28-53(42)47)45-35-16-8-7-11-30(35)26-27-49-45/h1-29H. The maximum atomic E-state index is 5.23. The van der Waals surface area contributed by atoms with Gasteiger partial charge in [0, 0.05) is 40.0 Å². The number of benzene rings is 7. The van der Waals surface area contributed by atoms with Gasteiger partial charge in [0.25, 0.3) is 0 Å². The Morgan fingerprint density at radius 3 is 1.85 bits per heavy atom. The minimum Gasteiger partial charge on any atom is -0.299 e. The van der Waals surface area contributed by atoms with Crippen molar-refractivity contribution in [1.29, 1.82) is 0 Å². The van der Waals surface area contributed by atoms with E-state index in [1.807, 2.05) is 36.5 Å². The zero-order valence-corrected chi connectivity index (χ0v) is 28.5. The quantitative estimate of drug-likeness (QED) is 0.170. The van der Waals surface area contributed by atoms with E-state index in [0.717, 1.165) is 72.5 Å². The van der Waals surface area contributed by atoms with E-state index in [0.29, 0.717) is 5.82 Å². The Kier molecular flexibility index (Phi) is 6.48. The van der Waals surface area contributed by atoms with Crippen molar-refractivity contribution in [3.63, 3.8) is 0 Å². The van der Waals surface area contributed by atoms with Crippen molar-refractivity contribution in [2.45, 2.75) is 0 Å². The summed E-state index contributed by atoms with van der Waals surface area (Å²) in [6.07, 6.45) is 3.99. The summed E-state index contributed by atoms with van der Waals surface area (Å²) in [6.45, 7) is 0. The van der Waals surface area contributed by atoms with Crippen molar-refractivity contribution >= 4 is 48.7 Å². The molecule has 0 aliphatic carbocycles. The molecule has 246 valence electrons. The Hall–Kier alpha value is -7.24. The minimum absolute atomic E-state index is 0.706. The first-order valence-corrected chi connectivity index (χ1v) is 17.8. The first-order chi connectivity index (χ1) is 26.3. The molecule has 0 saturated heterocycles. The summed E-state index contributed by atoms with van der Waals surface area (Å²) in [5.74, 6) is 0.706. The lowest BCUT2D eigenvalue weighted by Crippen LogP contribution is -1.97. The summed E-state index contributed by atoms with van der Waals surface area (Å²) in [5, 5.41) is 9.37. The van der Waals surface area contributed by atoms with Gasteiger partial charge < -0.3 is 0 Å². The van der Waals surface area contributed by atoms with Crippen molar-refractivity contribution in [2.24, 2.45) is 0 Å². The molecule has 5 nitrogen and oxygen atoms in total. The number of rotatable bonds is 5. The largest absolute Gasteiger partial charge is 0.299 e. The molecule has 53 heavy (non-hydrogen) atoms. The third kappa shape index (κ3) is 4.64.